The van der Waals surface area contributed by atoms with Crippen LogP contribution in [-0.4, -0.2) is 16.8 Å². The third-order valence-corrected chi connectivity index (χ3v) is 7.70. The molecule has 2 amide bonds. The van der Waals surface area contributed by atoms with Crippen LogP contribution < -0.4 is 10.6 Å². The number of aromatic amines is 1. The Balaban J connectivity index is 1.29. The molecule has 5 nitrogen and oxygen atoms in total. The fourth-order valence-electron chi connectivity index (χ4n) is 5.70. The van der Waals surface area contributed by atoms with Crippen molar-refractivity contribution in [1.29, 1.82) is 0 Å². The number of hydrogen-bond donors (Lipinski definition) is 3. The fraction of sp³-hybridized carbons (Fsp3) is 0.448. The highest BCUT2D eigenvalue weighted by atomic mass is 16.2. The first-order valence-electron chi connectivity index (χ1n) is 12.9. The highest BCUT2D eigenvalue weighted by molar-refractivity contribution is 6.00. The number of nitrogens with one attached hydrogen (secondary N) is 3. The smallest absolute Gasteiger partial charge is 0.227 e. The third-order valence-electron chi connectivity index (χ3n) is 7.70. The molecule has 2 aliphatic rings. The molecule has 2 aliphatic carbocycles. The molecule has 3 N–H and O–H groups in total. The zero-order chi connectivity index (χ0) is 23.5. The molecule has 1 aromatic heterocycles. The summed E-state index contributed by atoms with van der Waals surface area (Å²) in [5.74, 6) is 1.17. The van der Waals surface area contributed by atoms with Gasteiger partial charge in [-0.25, -0.2) is 0 Å². The summed E-state index contributed by atoms with van der Waals surface area (Å²) in [4.78, 5) is 28.7. The molecule has 2 atom stereocenters. The van der Waals surface area contributed by atoms with Crippen LogP contribution in [0.15, 0.2) is 48.7 Å². The van der Waals surface area contributed by atoms with Crippen LogP contribution in [0.1, 0.15) is 64.7 Å². The SMILES string of the molecule is CC1CCCC(C(=O)Nc2ccc3[nH]cc(-c4ccc(NC(=O)C5CCCCC5)cc4)c3c2)C1. The molecular weight excluding hydrogens is 422 g/mol. The van der Waals surface area contributed by atoms with Gasteiger partial charge in [0.15, 0.2) is 0 Å². The summed E-state index contributed by atoms with van der Waals surface area (Å²) in [6, 6.07) is 14.1. The number of anilines is 2. The number of amides is 2. The molecule has 2 aromatic carbocycles. The van der Waals surface area contributed by atoms with E-state index in [0.717, 1.165) is 78.4 Å². The van der Waals surface area contributed by atoms with Gasteiger partial charge in [-0.15, -0.1) is 0 Å². The predicted octanol–water partition coefficient (Wildman–Crippen LogP) is 7.12. The molecule has 3 aromatic rings. The summed E-state index contributed by atoms with van der Waals surface area (Å²) in [5.41, 5.74) is 4.88. The Kier molecular flexibility index (Phi) is 6.70. The molecule has 0 radical (unpaired) electrons. The zero-order valence-electron chi connectivity index (χ0n) is 20.0. The van der Waals surface area contributed by atoms with Gasteiger partial charge in [-0.2, -0.15) is 0 Å². The van der Waals surface area contributed by atoms with E-state index in [1.54, 1.807) is 0 Å². The average molecular weight is 458 g/mol. The second-order valence-electron chi connectivity index (χ2n) is 10.3. The molecule has 0 saturated heterocycles. The van der Waals surface area contributed by atoms with Gasteiger partial charge in [0.05, 0.1) is 0 Å². The monoisotopic (exact) mass is 457 g/mol. The summed E-state index contributed by atoms with van der Waals surface area (Å²) in [6.07, 6.45) is 11.9. The second kappa shape index (κ2) is 10.0. The molecule has 2 unspecified atom stereocenters. The molecule has 5 rings (SSSR count). The lowest BCUT2D eigenvalue weighted by atomic mass is 9.82. The van der Waals surface area contributed by atoms with E-state index in [0.29, 0.717) is 5.92 Å². The quantitative estimate of drug-likeness (QED) is 0.382. The summed E-state index contributed by atoms with van der Waals surface area (Å²) in [6.45, 7) is 2.24. The number of fused-ring (bicyclic) bond motifs is 1. The minimum Gasteiger partial charge on any atom is -0.361 e. The van der Waals surface area contributed by atoms with Gasteiger partial charge in [0.1, 0.15) is 0 Å². The summed E-state index contributed by atoms with van der Waals surface area (Å²) in [5, 5.41) is 7.32. The van der Waals surface area contributed by atoms with Crippen molar-refractivity contribution in [3.8, 4) is 11.1 Å². The summed E-state index contributed by atoms with van der Waals surface area (Å²) < 4.78 is 0. The molecule has 0 spiro atoms. The first kappa shape index (κ1) is 22.7. The zero-order valence-corrected chi connectivity index (χ0v) is 20.0. The number of carbonyl (C=O) groups is 2. The number of H-pyrrole nitrogens is 1. The van der Waals surface area contributed by atoms with Crippen molar-refractivity contribution < 1.29 is 9.59 Å². The Morgan fingerprint density at radius 2 is 1.47 bits per heavy atom. The Morgan fingerprint density at radius 1 is 0.794 bits per heavy atom. The van der Waals surface area contributed by atoms with E-state index in [1.165, 1.54) is 12.8 Å². The van der Waals surface area contributed by atoms with Gasteiger partial charge in [-0.3, -0.25) is 9.59 Å². The van der Waals surface area contributed by atoms with Gasteiger partial charge in [-0.05, 0) is 67.5 Å². The van der Waals surface area contributed by atoms with E-state index in [4.69, 9.17) is 0 Å². The van der Waals surface area contributed by atoms with E-state index >= 15 is 0 Å². The number of carbonyl (C=O) groups excluding carboxylic acids is 2. The van der Waals surface area contributed by atoms with Gasteiger partial charge in [-0.1, -0.05) is 51.2 Å². The van der Waals surface area contributed by atoms with Crippen molar-refractivity contribution in [2.45, 2.75) is 64.7 Å². The van der Waals surface area contributed by atoms with E-state index in [-0.39, 0.29) is 23.7 Å². The largest absolute Gasteiger partial charge is 0.361 e. The lowest BCUT2D eigenvalue weighted by molar-refractivity contribution is -0.121. The summed E-state index contributed by atoms with van der Waals surface area (Å²) >= 11 is 0. The topological polar surface area (TPSA) is 74.0 Å². The Labute approximate surface area is 201 Å². The third kappa shape index (κ3) is 5.03. The highest BCUT2D eigenvalue weighted by Crippen LogP contribution is 2.33. The van der Waals surface area contributed by atoms with Gasteiger partial charge in [0.2, 0.25) is 11.8 Å². The van der Waals surface area contributed by atoms with Crippen molar-refractivity contribution in [2.75, 3.05) is 10.6 Å². The Bertz CT molecular complexity index is 1160. The van der Waals surface area contributed by atoms with Crippen LogP contribution in [0.25, 0.3) is 22.0 Å². The molecule has 178 valence electrons. The number of aromatic nitrogens is 1. The van der Waals surface area contributed by atoms with Gasteiger partial charge in [0, 0.05) is 45.9 Å². The van der Waals surface area contributed by atoms with Gasteiger partial charge >= 0.3 is 0 Å². The molecule has 2 saturated carbocycles. The van der Waals surface area contributed by atoms with Crippen LogP contribution in [-0.2, 0) is 9.59 Å². The lowest BCUT2D eigenvalue weighted by Gasteiger charge is -2.25. The fourth-order valence-corrected chi connectivity index (χ4v) is 5.70. The van der Waals surface area contributed by atoms with Crippen LogP contribution in [0.4, 0.5) is 11.4 Å². The second-order valence-corrected chi connectivity index (χ2v) is 10.3. The summed E-state index contributed by atoms with van der Waals surface area (Å²) in [7, 11) is 0. The van der Waals surface area contributed by atoms with Gasteiger partial charge < -0.3 is 15.6 Å². The van der Waals surface area contributed by atoms with Crippen LogP contribution in [0.2, 0.25) is 0 Å². The van der Waals surface area contributed by atoms with Crippen LogP contribution in [0.3, 0.4) is 0 Å². The normalized spacial score (nSPS) is 21.3. The Morgan fingerprint density at radius 3 is 2.24 bits per heavy atom. The number of hydrogen-bond acceptors (Lipinski definition) is 2. The minimum absolute atomic E-state index is 0.113. The standard InChI is InChI=1S/C29H35N3O2/c1-19-6-5-9-22(16-19)29(34)32-24-14-15-27-25(17-24)26(18-30-27)20-10-12-23(13-11-20)31-28(33)21-7-3-2-4-8-21/h10-15,17-19,21-22,30H,2-9,16H2,1H3,(H,31,33)(H,32,34). The van der Waals surface area contributed by atoms with E-state index in [2.05, 4.69) is 28.6 Å². The van der Waals surface area contributed by atoms with Crippen molar-refractivity contribution in [1.82, 2.24) is 4.98 Å². The van der Waals surface area contributed by atoms with E-state index < -0.39 is 0 Å². The maximum atomic E-state index is 12.8. The van der Waals surface area contributed by atoms with Gasteiger partial charge in [0.25, 0.3) is 0 Å². The molecule has 0 bridgehead atoms. The highest BCUT2D eigenvalue weighted by Gasteiger charge is 2.25. The predicted molar refractivity (Wildman–Crippen MR) is 139 cm³/mol. The molecule has 0 aliphatic heterocycles. The van der Waals surface area contributed by atoms with E-state index in [1.807, 2.05) is 42.6 Å². The molecular formula is C29H35N3O2. The van der Waals surface area contributed by atoms with Crippen molar-refractivity contribution in [3.05, 3.63) is 48.7 Å². The van der Waals surface area contributed by atoms with Crippen molar-refractivity contribution >= 4 is 34.1 Å². The van der Waals surface area contributed by atoms with Crippen LogP contribution in [0.5, 0.6) is 0 Å². The van der Waals surface area contributed by atoms with Crippen LogP contribution >= 0.6 is 0 Å². The van der Waals surface area contributed by atoms with E-state index in [9.17, 15) is 9.59 Å². The number of benzene rings is 2. The number of rotatable bonds is 5. The first-order chi connectivity index (χ1) is 16.6. The molecule has 5 heteroatoms. The molecule has 2 fully saturated rings. The van der Waals surface area contributed by atoms with Crippen molar-refractivity contribution in [2.24, 2.45) is 17.8 Å². The van der Waals surface area contributed by atoms with Crippen molar-refractivity contribution in [3.63, 3.8) is 0 Å². The minimum atomic E-state index is 0.113. The maximum Gasteiger partial charge on any atom is 0.227 e. The first-order valence-corrected chi connectivity index (χ1v) is 12.9. The molecule has 1 heterocycles. The maximum absolute atomic E-state index is 12.8. The van der Waals surface area contributed by atoms with Crippen LogP contribution in [0, 0.1) is 17.8 Å². The lowest BCUT2D eigenvalue weighted by Crippen LogP contribution is -2.27. The Hall–Kier alpha value is -3.08. The molecule has 34 heavy (non-hydrogen) atoms. The average Bonchev–Trinajstić information content (AvgIpc) is 3.28.